The van der Waals surface area contributed by atoms with E-state index in [1.807, 2.05) is 17.5 Å². The Morgan fingerprint density at radius 2 is 1.89 bits per heavy atom. The van der Waals surface area contributed by atoms with E-state index in [-0.39, 0.29) is 17.2 Å². The maximum absolute atomic E-state index is 12.5. The molecule has 0 saturated heterocycles. The van der Waals surface area contributed by atoms with Crippen LogP contribution in [0.1, 0.15) is 35.1 Å². The Labute approximate surface area is 160 Å². The molecule has 1 aromatic carbocycles. The van der Waals surface area contributed by atoms with Crippen LogP contribution in [-0.4, -0.2) is 21.6 Å². The van der Waals surface area contributed by atoms with E-state index in [2.05, 4.69) is 16.0 Å². The van der Waals surface area contributed by atoms with Gasteiger partial charge in [-0.2, -0.15) is 5.10 Å². The van der Waals surface area contributed by atoms with Crippen molar-refractivity contribution in [3.05, 3.63) is 62.7 Å². The molecule has 0 spiro atoms. The first-order chi connectivity index (χ1) is 13.1. The first-order valence-electron chi connectivity index (χ1n) is 8.71. The first kappa shape index (κ1) is 18.8. The van der Waals surface area contributed by atoms with Gasteiger partial charge in [-0.1, -0.05) is 24.3 Å². The van der Waals surface area contributed by atoms with Gasteiger partial charge >= 0.3 is 0 Å². The summed E-state index contributed by atoms with van der Waals surface area (Å²) in [5.41, 5.74) is 4.66. The smallest absolute Gasteiger partial charge is 0.273 e. The quantitative estimate of drug-likeness (QED) is 0.638. The summed E-state index contributed by atoms with van der Waals surface area (Å²) < 4.78 is 1.24. The Hall–Kier alpha value is -3.00. The summed E-state index contributed by atoms with van der Waals surface area (Å²) in [6, 6.07) is 10.8. The first-order valence-corrected chi connectivity index (χ1v) is 9.59. The van der Waals surface area contributed by atoms with Gasteiger partial charge < -0.3 is 0 Å². The number of nitrogens with zero attached hydrogens (tertiary/aromatic N) is 2. The lowest BCUT2D eigenvalue weighted by Gasteiger charge is -2.11. The van der Waals surface area contributed by atoms with Crippen LogP contribution in [0.2, 0.25) is 0 Å². The lowest BCUT2D eigenvalue weighted by molar-refractivity contribution is -0.121. The van der Waals surface area contributed by atoms with Crippen LogP contribution in [0.3, 0.4) is 0 Å². The molecule has 3 rings (SSSR count). The lowest BCUT2D eigenvalue weighted by atomic mass is 10.1. The predicted octanol–water partition coefficient (Wildman–Crippen LogP) is 2.26. The number of aromatic nitrogens is 2. The molecule has 0 fully saturated rings. The Morgan fingerprint density at radius 3 is 2.59 bits per heavy atom. The van der Waals surface area contributed by atoms with Crippen molar-refractivity contribution in [3.8, 4) is 0 Å². The molecular formula is C19H20N4O3S. The van der Waals surface area contributed by atoms with Crippen LogP contribution in [0.5, 0.6) is 0 Å². The van der Waals surface area contributed by atoms with E-state index in [0.717, 1.165) is 6.42 Å². The van der Waals surface area contributed by atoms with Crippen molar-refractivity contribution < 1.29 is 9.59 Å². The number of amides is 2. The van der Waals surface area contributed by atoms with E-state index < -0.39 is 5.91 Å². The molecule has 0 saturated carbocycles. The van der Waals surface area contributed by atoms with Crippen molar-refractivity contribution in [1.29, 1.82) is 0 Å². The highest BCUT2D eigenvalue weighted by molar-refractivity contribution is 7.09. The average Bonchev–Trinajstić information content (AvgIpc) is 3.20. The maximum atomic E-state index is 12.5. The third kappa shape index (κ3) is 4.40. The Bertz CT molecular complexity index is 1010. The molecule has 140 valence electrons. The molecular weight excluding hydrogens is 364 g/mol. The number of fused-ring (bicyclic) bond motifs is 1. The number of hydrogen-bond donors (Lipinski definition) is 2. The van der Waals surface area contributed by atoms with E-state index in [1.165, 1.54) is 9.56 Å². The molecule has 27 heavy (non-hydrogen) atoms. The highest BCUT2D eigenvalue weighted by Gasteiger charge is 2.16. The molecule has 7 nitrogen and oxygen atoms in total. The van der Waals surface area contributed by atoms with Crippen molar-refractivity contribution in [2.24, 2.45) is 0 Å². The van der Waals surface area contributed by atoms with Gasteiger partial charge in [0, 0.05) is 23.2 Å². The number of benzene rings is 1. The van der Waals surface area contributed by atoms with E-state index >= 15 is 0 Å². The summed E-state index contributed by atoms with van der Waals surface area (Å²) in [5, 5.41) is 7.01. The van der Waals surface area contributed by atoms with Gasteiger partial charge in [-0.15, -0.1) is 11.3 Å². The minimum absolute atomic E-state index is 0.103. The number of thiophene rings is 1. The van der Waals surface area contributed by atoms with Gasteiger partial charge in [0.25, 0.3) is 11.5 Å². The van der Waals surface area contributed by atoms with E-state index in [9.17, 15) is 14.4 Å². The fourth-order valence-electron chi connectivity index (χ4n) is 2.74. The van der Waals surface area contributed by atoms with Gasteiger partial charge in [-0.25, -0.2) is 4.68 Å². The molecule has 3 aromatic rings. The number of hydrogen-bond acceptors (Lipinski definition) is 5. The molecule has 2 aromatic heterocycles. The van der Waals surface area contributed by atoms with Crippen LogP contribution in [0.4, 0.5) is 0 Å². The monoisotopic (exact) mass is 384 g/mol. The molecule has 0 unspecified atom stereocenters. The summed E-state index contributed by atoms with van der Waals surface area (Å²) in [6.45, 7) is 2.12. The third-order valence-electron chi connectivity index (χ3n) is 4.10. The molecule has 0 aliphatic carbocycles. The van der Waals surface area contributed by atoms with Crippen LogP contribution in [0.25, 0.3) is 10.8 Å². The molecule has 0 radical (unpaired) electrons. The summed E-state index contributed by atoms with van der Waals surface area (Å²) in [5.74, 6) is -0.826. The number of hydrazine groups is 1. The number of aryl methyl sites for hydroxylation is 2. The molecule has 0 bridgehead atoms. The van der Waals surface area contributed by atoms with Crippen LogP contribution >= 0.6 is 11.3 Å². The van der Waals surface area contributed by atoms with Crippen LogP contribution in [0, 0.1) is 0 Å². The highest BCUT2D eigenvalue weighted by Crippen LogP contribution is 2.13. The van der Waals surface area contributed by atoms with Crippen molar-refractivity contribution in [1.82, 2.24) is 20.6 Å². The fraction of sp³-hybridized carbons (Fsp3) is 0.263. The third-order valence-corrected chi connectivity index (χ3v) is 5.04. The molecule has 0 aliphatic heterocycles. The molecule has 2 heterocycles. The van der Waals surface area contributed by atoms with Gasteiger partial charge in [0.05, 0.1) is 5.39 Å². The van der Waals surface area contributed by atoms with E-state index in [4.69, 9.17) is 0 Å². The summed E-state index contributed by atoms with van der Waals surface area (Å²) in [6.07, 6.45) is 1.83. The second-order valence-corrected chi connectivity index (χ2v) is 6.98. The van der Waals surface area contributed by atoms with Gasteiger partial charge in [0.1, 0.15) is 0 Å². The SMILES string of the molecule is CCn1nc(C(=O)NNC(=O)CCCc2cccs2)c2ccccc2c1=O. The molecule has 2 N–H and O–H groups in total. The second kappa shape index (κ2) is 8.59. The van der Waals surface area contributed by atoms with Crippen LogP contribution in [0.15, 0.2) is 46.6 Å². The Balaban J connectivity index is 1.65. The van der Waals surface area contributed by atoms with Gasteiger partial charge in [0.15, 0.2) is 5.69 Å². The number of carbonyl (C=O) groups excluding carboxylic acids is 2. The molecule has 0 aliphatic rings. The number of carbonyl (C=O) groups is 2. The maximum Gasteiger partial charge on any atom is 0.290 e. The zero-order chi connectivity index (χ0) is 19.2. The number of nitrogens with one attached hydrogen (secondary N) is 2. The highest BCUT2D eigenvalue weighted by atomic mass is 32.1. The van der Waals surface area contributed by atoms with Gasteiger partial charge in [-0.3, -0.25) is 25.2 Å². The van der Waals surface area contributed by atoms with Crippen molar-refractivity contribution in [3.63, 3.8) is 0 Å². The van der Waals surface area contributed by atoms with E-state index in [1.54, 1.807) is 42.5 Å². The van der Waals surface area contributed by atoms with Crippen LogP contribution in [-0.2, 0) is 17.8 Å². The van der Waals surface area contributed by atoms with Crippen molar-refractivity contribution in [2.75, 3.05) is 0 Å². The predicted molar refractivity (Wildman–Crippen MR) is 105 cm³/mol. The average molecular weight is 384 g/mol. The zero-order valence-corrected chi connectivity index (χ0v) is 15.7. The fourth-order valence-corrected chi connectivity index (χ4v) is 3.49. The minimum atomic E-state index is -0.556. The normalized spacial score (nSPS) is 10.7. The number of rotatable bonds is 6. The summed E-state index contributed by atoms with van der Waals surface area (Å²) in [7, 11) is 0. The summed E-state index contributed by atoms with van der Waals surface area (Å²) >= 11 is 1.66. The van der Waals surface area contributed by atoms with Crippen LogP contribution < -0.4 is 16.4 Å². The molecule has 2 amide bonds. The Morgan fingerprint density at radius 1 is 1.11 bits per heavy atom. The largest absolute Gasteiger partial charge is 0.290 e. The molecule has 0 atom stereocenters. The topological polar surface area (TPSA) is 93.1 Å². The van der Waals surface area contributed by atoms with Gasteiger partial charge in [-0.05, 0) is 37.3 Å². The van der Waals surface area contributed by atoms with Crippen molar-refractivity contribution in [2.45, 2.75) is 32.7 Å². The summed E-state index contributed by atoms with van der Waals surface area (Å²) in [4.78, 5) is 38.0. The molecule has 8 heteroatoms. The zero-order valence-electron chi connectivity index (χ0n) is 14.9. The van der Waals surface area contributed by atoms with Crippen molar-refractivity contribution >= 4 is 33.9 Å². The second-order valence-electron chi connectivity index (χ2n) is 5.95. The standard InChI is InChI=1S/C19H20N4O3S/c1-2-23-19(26)15-10-4-3-9-14(15)17(22-23)18(25)21-20-16(24)11-5-7-13-8-6-12-27-13/h3-4,6,8-10,12H,2,5,7,11H2,1H3,(H,20,24)(H,21,25). The van der Waals surface area contributed by atoms with Gasteiger partial charge in [0.2, 0.25) is 5.91 Å². The van der Waals surface area contributed by atoms with E-state index in [0.29, 0.717) is 30.2 Å². The lowest BCUT2D eigenvalue weighted by Crippen LogP contribution is -2.42. The minimum Gasteiger partial charge on any atom is -0.273 e. The Kier molecular flexibility index (Phi) is 5.97.